The van der Waals surface area contributed by atoms with Crippen molar-refractivity contribution < 1.29 is 9.59 Å². The fraction of sp³-hybridized carbons (Fsp3) is 0.615. The Labute approximate surface area is 252 Å². The molecule has 2 rings (SSSR count). The van der Waals surface area contributed by atoms with Crippen LogP contribution in [0.4, 0.5) is 0 Å². The van der Waals surface area contributed by atoms with Crippen LogP contribution in [-0.4, -0.2) is 53.9 Å². The van der Waals surface area contributed by atoms with Gasteiger partial charge in [-0.1, -0.05) is 62.4 Å². The highest BCUT2D eigenvalue weighted by atomic mass is 32.2. The zero-order valence-corrected chi connectivity index (χ0v) is 27.8. The van der Waals surface area contributed by atoms with E-state index >= 15 is 0 Å². The molecule has 0 saturated heterocycles. The van der Waals surface area contributed by atoms with Crippen LogP contribution in [0.2, 0.25) is 0 Å². The average molecular weight is 639 g/mol. The summed E-state index contributed by atoms with van der Waals surface area (Å²) >= 11 is 14.7. The smallest absolute Gasteiger partial charge is 0.211 e. The zero-order chi connectivity index (χ0) is 26.2. The van der Waals surface area contributed by atoms with E-state index in [2.05, 4.69) is 50.5 Å². The van der Waals surface area contributed by atoms with E-state index in [1.165, 1.54) is 117 Å². The minimum absolute atomic E-state index is 0.0660. The van der Waals surface area contributed by atoms with Crippen molar-refractivity contribution >= 4 is 104 Å². The van der Waals surface area contributed by atoms with Crippen molar-refractivity contribution in [3.63, 3.8) is 0 Å². The highest BCUT2D eigenvalue weighted by molar-refractivity contribution is 8.25. The lowest BCUT2D eigenvalue weighted by Gasteiger charge is -2.09. The van der Waals surface area contributed by atoms with Gasteiger partial charge in [0.25, 0.3) is 0 Å². The van der Waals surface area contributed by atoms with Crippen molar-refractivity contribution in [1.82, 2.24) is 0 Å². The van der Waals surface area contributed by atoms with Gasteiger partial charge in [-0.2, -0.15) is 23.5 Å². The third kappa shape index (κ3) is 13.9. The molecule has 2 nitrogen and oxygen atoms in total. The molecule has 0 fully saturated rings. The number of carbonyl (C=O) groups excluding carboxylic acids is 2. The first-order valence-electron chi connectivity index (χ1n) is 12.2. The van der Waals surface area contributed by atoms with Crippen molar-refractivity contribution in [3.05, 3.63) is 44.9 Å². The Kier molecular flexibility index (Phi) is 18.5. The van der Waals surface area contributed by atoms with Gasteiger partial charge in [0.2, 0.25) is 10.2 Å². The van der Waals surface area contributed by atoms with Gasteiger partial charge in [-0.3, -0.25) is 9.59 Å². The molecule has 10 heteroatoms. The minimum atomic E-state index is 0.0660. The first-order chi connectivity index (χ1) is 17.4. The number of allylic oxidation sites excluding steroid dienone is 2. The lowest BCUT2D eigenvalue weighted by Crippen LogP contribution is -1.98. The summed E-state index contributed by atoms with van der Waals surface area (Å²) in [5.74, 6) is 6.49. The summed E-state index contributed by atoms with van der Waals surface area (Å²) in [5, 5.41) is 0.132. The summed E-state index contributed by atoms with van der Waals surface area (Å²) < 4.78 is 1.21. The number of unbranched alkanes of at least 4 members (excludes halogenated alkanes) is 5. The molecule has 0 radical (unpaired) electrons. The van der Waals surface area contributed by atoms with Gasteiger partial charge in [0.05, 0.1) is 9.16 Å². The molecule has 0 amide bonds. The molecule has 2 unspecified atom stereocenters. The second-order valence-electron chi connectivity index (χ2n) is 8.18. The number of carbonyl (C=O) groups is 2. The van der Waals surface area contributed by atoms with E-state index in [-0.39, 0.29) is 10.2 Å². The van der Waals surface area contributed by atoms with Gasteiger partial charge in [0.1, 0.15) is 0 Å². The maximum Gasteiger partial charge on any atom is 0.211 e. The summed E-state index contributed by atoms with van der Waals surface area (Å²) in [7, 11) is 0. The molecule has 0 aromatic carbocycles. The van der Waals surface area contributed by atoms with E-state index in [4.69, 9.17) is 0 Å². The van der Waals surface area contributed by atoms with E-state index in [0.717, 1.165) is 11.5 Å². The highest BCUT2D eigenvalue weighted by Crippen LogP contribution is 2.48. The standard InChI is InChI=1S/C26H38O2S8/c1-5-23(27)31-15-21-19(3)33-25(35-21)17-29-13-11-9-7-8-10-12-14-30-18-26-34-20(4)22(36-26)16-32-24(28)6-2/h5-6,25-26H,1-2,7-18H2,3-4H3. The number of rotatable bonds is 19. The lowest BCUT2D eigenvalue weighted by molar-refractivity contribution is -0.107. The predicted molar refractivity (Wildman–Crippen MR) is 181 cm³/mol. The Morgan fingerprint density at radius 2 is 1.08 bits per heavy atom. The van der Waals surface area contributed by atoms with Crippen LogP contribution in [0, 0.1) is 0 Å². The largest absolute Gasteiger partial charge is 0.282 e. The second kappa shape index (κ2) is 20.0. The van der Waals surface area contributed by atoms with Gasteiger partial charge in [-0.05, 0) is 60.2 Å². The summed E-state index contributed by atoms with van der Waals surface area (Å²) in [4.78, 5) is 28.4. The second-order valence-corrected chi connectivity index (χ2v) is 18.5. The highest BCUT2D eigenvalue weighted by Gasteiger charge is 2.24. The monoisotopic (exact) mass is 638 g/mol. The van der Waals surface area contributed by atoms with Gasteiger partial charge >= 0.3 is 0 Å². The molecule has 0 aliphatic carbocycles. The van der Waals surface area contributed by atoms with E-state index in [0.29, 0.717) is 9.16 Å². The van der Waals surface area contributed by atoms with E-state index in [1.807, 2.05) is 47.0 Å². The molecule has 2 atom stereocenters. The third-order valence-electron chi connectivity index (χ3n) is 5.31. The van der Waals surface area contributed by atoms with Crippen LogP contribution < -0.4 is 0 Å². The van der Waals surface area contributed by atoms with Crippen LogP contribution in [0.5, 0.6) is 0 Å². The van der Waals surface area contributed by atoms with E-state index in [1.54, 1.807) is 0 Å². The third-order valence-corrected chi connectivity index (χ3v) is 16.4. The van der Waals surface area contributed by atoms with Crippen molar-refractivity contribution in [2.45, 2.75) is 61.5 Å². The number of thioether (sulfide) groups is 8. The SMILES string of the molecule is C=CC(=O)SCC1=C(C)SC(CSCCCCCCCCSCC2SC(C)=C(CSC(=O)C=C)S2)S1. The fourth-order valence-corrected chi connectivity index (χ4v) is 14.1. The van der Waals surface area contributed by atoms with Gasteiger partial charge in [-0.15, -0.1) is 47.0 Å². The van der Waals surface area contributed by atoms with E-state index < -0.39 is 0 Å². The Balaban J connectivity index is 1.36. The molecule has 0 spiro atoms. The molecule has 0 N–H and O–H groups in total. The summed E-state index contributed by atoms with van der Waals surface area (Å²) in [6.45, 7) is 11.5. The normalized spacial score (nSPS) is 19.8. The van der Waals surface area contributed by atoms with Crippen molar-refractivity contribution in [2.75, 3.05) is 34.5 Å². The van der Waals surface area contributed by atoms with Crippen LogP contribution in [0.3, 0.4) is 0 Å². The molecule has 0 aromatic rings. The average Bonchev–Trinajstić information content (AvgIpc) is 3.42. The van der Waals surface area contributed by atoms with Crippen LogP contribution in [0.15, 0.2) is 44.9 Å². The molecular weight excluding hydrogens is 601 g/mol. The van der Waals surface area contributed by atoms with Crippen LogP contribution >= 0.6 is 94.1 Å². The zero-order valence-electron chi connectivity index (χ0n) is 21.3. The molecule has 2 heterocycles. The predicted octanol–water partition coefficient (Wildman–Crippen LogP) is 9.76. The maximum atomic E-state index is 11.4. The van der Waals surface area contributed by atoms with Crippen LogP contribution in [0.1, 0.15) is 52.4 Å². The van der Waals surface area contributed by atoms with Gasteiger partial charge in [0.15, 0.2) is 0 Å². The molecule has 0 aromatic heterocycles. The Bertz CT molecular complexity index is 742. The van der Waals surface area contributed by atoms with Crippen molar-refractivity contribution in [2.24, 2.45) is 0 Å². The molecule has 2 aliphatic heterocycles. The summed E-state index contributed by atoms with van der Waals surface area (Å²) in [6, 6.07) is 0. The van der Waals surface area contributed by atoms with Crippen molar-refractivity contribution in [1.29, 1.82) is 0 Å². The minimum Gasteiger partial charge on any atom is -0.282 e. The van der Waals surface area contributed by atoms with Gasteiger partial charge in [0, 0.05) is 32.8 Å². The molecule has 2 aliphatic rings. The van der Waals surface area contributed by atoms with Crippen LogP contribution in [-0.2, 0) is 9.59 Å². The summed E-state index contributed by atoms with van der Waals surface area (Å²) in [5.41, 5.74) is 0. The molecule has 0 bridgehead atoms. The maximum absolute atomic E-state index is 11.4. The Hall–Kier alpha value is 1.10. The fourth-order valence-electron chi connectivity index (χ4n) is 3.33. The first-order valence-corrected chi connectivity index (χ1v) is 20.0. The Morgan fingerprint density at radius 1 is 0.694 bits per heavy atom. The summed E-state index contributed by atoms with van der Waals surface area (Å²) in [6.07, 6.45) is 10.9. The van der Waals surface area contributed by atoms with Crippen LogP contribution in [0.25, 0.3) is 0 Å². The molecule has 0 saturated carbocycles. The number of hydrogen-bond acceptors (Lipinski definition) is 10. The molecule has 36 heavy (non-hydrogen) atoms. The van der Waals surface area contributed by atoms with E-state index in [9.17, 15) is 9.59 Å². The quantitative estimate of drug-likeness (QED) is 0.101. The topological polar surface area (TPSA) is 34.1 Å². The molecule has 202 valence electrons. The van der Waals surface area contributed by atoms with Gasteiger partial charge < -0.3 is 0 Å². The van der Waals surface area contributed by atoms with Crippen molar-refractivity contribution in [3.8, 4) is 0 Å². The first kappa shape index (κ1) is 33.3. The Morgan fingerprint density at radius 3 is 1.47 bits per heavy atom. The molecular formula is C26H38O2S8. The van der Waals surface area contributed by atoms with Gasteiger partial charge in [-0.25, -0.2) is 0 Å². The number of hydrogen-bond donors (Lipinski definition) is 0. The lowest BCUT2D eigenvalue weighted by atomic mass is 10.1.